The molecule has 2 aromatic rings. The number of carbonyl (C=O) groups is 2. The summed E-state index contributed by atoms with van der Waals surface area (Å²) in [7, 11) is 1.36. The number of nitrogens with zero attached hydrogens (tertiary/aromatic N) is 2. The molecule has 0 saturated heterocycles. The van der Waals surface area contributed by atoms with Crippen molar-refractivity contribution in [1.82, 2.24) is 4.90 Å². The van der Waals surface area contributed by atoms with Gasteiger partial charge >= 0.3 is 5.97 Å². The van der Waals surface area contributed by atoms with E-state index in [0.29, 0.717) is 28.0 Å². The van der Waals surface area contributed by atoms with E-state index in [-0.39, 0.29) is 11.9 Å². The quantitative estimate of drug-likeness (QED) is 0.688. The van der Waals surface area contributed by atoms with Crippen molar-refractivity contribution >= 4 is 29.4 Å². The van der Waals surface area contributed by atoms with Crippen molar-refractivity contribution in [2.24, 2.45) is 4.99 Å². The molecule has 29 heavy (non-hydrogen) atoms. The van der Waals surface area contributed by atoms with Crippen LogP contribution in [0.25, 0.3) is 11.3 Å². The Morgan fingerprint density at radius 1 is 1.21 bits per heavy atom. The molecule has 1 saturated carbocycles. The summed E-state index contributed by atoms with van der Waals surface area (Å²) in [6.45, 7) is 0.824. The molecule has 2 aliphatic carbocycles. The predicted octanol–water partition coefficient (Wildman–Crippen LogP) is 4.33. The third-order valence-corrected chi connectivity index (χ3v) is 6.80. The van der Waals surface area contributed by atoms with Crippen LogP contribution in [-0.2, 0) is 4.74 Å². The van der Waals surface area contributed by atoms with Crippen molar-refractivity contribution < 1.29 is 18.7 Å². The van der Waals surface area contributed by atoms with E-state index in [0.717, 1.165) is 38.6 Å². The highest BCUT2D eigenvalue weighted by Gasteiger charge is 2.40. The summed E-state index contributed by atoms with van der Waals surface area (Å²) in [5.41, 5.74) is 3.40. The Hall–Kier alpha value is -2.67. The van der Waals surface area contributed by atoms with Crippen LogP contribution in [0, 0.1) is 0 Å². The molecule has 1 aliphatic heterocycles. The van der Waals surface area contributed by atoms with Gasteiger partial charge in [-0.3, -0.25) is 9.79 Å². The van der Waals surface area contributed by atoms with Crippen LogP contribution < -0.4 is 0 Å². The van der Waals surface area contributed by atoms with E-state index in [1.807, 2.05) is 22.6 Å². The number of furan rings is 1. The predicted molar refractivity (Wildman–Crippen MR) is 111 cm³/mol. The Morgan fingerprint density at radius 3 is 2.86 bits per heavy atom. The number of aliphatic imine (C=N–C) groups is 1. The molecule has 2 aromatic heterocycles. The molecule has 1 unspecified atom stereocenters. The highest BCUT2D eigenvalue weighted by atomic mass is 32.1. The van der Waals surface area contributed by atoms with Gasteiger partial charge in [0.05, 0.1) is 13.7 Å². The number of thiophene rings is 1. The molecule has 3 heterocycles. The van der Waals surface area contributed by atoms with Gasteiger partial charge in [-0.05, 0) is 66.8 Å². The molecule has 0 radical (unpaired) electrons. The van der Waals surface area contributed by atoms with Gasteiger partial charge in [0.15, 0.2) is 5.76 Å². The molecule has 3 aliphatic rings. The molecule has 150 valence electrons. The van der Waals surface area contributed by atoms with E-state index in [9.17, 15) is 9.59 Å². The minimum Gasteiger partial charge on any atom is -0.465 e. The van der Waals surface area contributed by atoms with Gasteiger partial charge in [0.25, 0.3) is 5.91 Å². The van der Waals surface area contributed by atoms with Crippen molar-refractivity contribution in [2.45, 2.75) is 44.2 Å². The maximum absolute atomic E-state index is 13.4. The SMILES string of the molecule is COC(=O)c1sccc1-c1ccc(C(=O)N(C2CC2)C2CCC3=C(C=NC3)C2)o1. The topological polar surface area (TPSA) is 72.1 Å². The molecule has 1 fully saturated rings. The highest BCUT2D eigenvalue weighted by molar-refractivity contribution is 7.12. The number of rotatable bonds is 5. The first-order chi connectivity index (χ1) is 14.2. The molecule has 7 heteroatoms. The van der Waals surface area contributed by atoms with Crippen LogP contribution in [0.2, 0.25) is 0 Å². The van der Waals surface area contributed by atoms with Gasteiger partial charge in [-0.15, -0.1) is 11.3 Å². The lowest BCUT2D eigenvalue weighted by Crippen LogP contribution is -2.43. The molecular formula is C22H22N2O4S. The van der Waals surface area contributed by atoms with Crippen LogP contribution in [0.5, 0.6) is 0 Å². The number of carbonyl (C=O) groups excluding carboxylic acids is 2. The first-order valence-electron chi connectivity index (χ1n) is 9.95. The van der Waals surface area contributed by atoms with E-state index < -0.39 is 5.97 Å². The van der Waals surface area contributed by atoms with Gasteiger partial charge in [0, 0.05) is 23.9 Å². The van der Waals surface area contributed by atoms with Gasteiger partial charge in [0.1, 0.15) is 10.6 Å². The molecular weight excluding hydrogens is 388 g/mol. The van der Waals surface area contributed by atoms with Gasteiger partial charge in [-0.1, -0.05) is 0 Å². The summed E-state index contributed by atoms with van der Waals surface area (Å²) in [5, 5.41) is 1.82. The lowest BCUT2D eigenvalue weighted by molar-refractivity contribution is 0.0604. The monoisotopic (exact) mass is 410 g/mol. The smallest absolute Gasteiger partial charge is 0.348 e. The molecule has 0 aromatic carbocycles. The van der Waals surface area contributed by atoms with Crippen molar-refractivity contribution in [3.8, 4) is 11.3 Å². The lowest BCUT2D eigenvalue weighted by atomic mass is 9.88. The first kappa shape index (κ1) is 18.4. The standard InChI is InChI=1S/C22H22N2O4S/c1-27-22(26)20-17(8-9-29-20)18-6-7-19(28-18)21(25)24(15-4-5-15)16-3-2-13-11-23-12-14(13)10-16/h6-9,12,15-16H,2-5,10-11H2,1H3. The van der Waals surface area contributed by atoms with Crippen LogP contribution >= 0.6 is 11.3 Å². The van der Waals surface area contributed by atoms with Crippen LogP contribution in [-0.4, -0.2) is 48.7 Å². The van der Waals surface area contributed by atoms with Crippen LogP contribution in [0.1, 0.15) is 52.3 Å². The number of esters is 1. The maximum atomic E-state index is 13.4. The zero-order valence-corrected chi connectivity index (χ0v) is 17.0. The average Bonchev–Trinajstić information content (AvgIpc) is 3.17. The number of methoxy groups -OCH3 is 1. The number of hydrogen-bond acceptors (Lipinski definition) is 6. The summed E-state index contributed by atoms with van der Waals surface area (Å²) in [4.78, 5) is 32.2. The second-order valence-electron chi connectivity index (χ2n) is 7.76. The third-order valence-electron chi connectivity index (χ3n) is 5.90. The second kappa shape index (κ2) is 7.30. The molecule has 1 amide bonds. The average molecular weight is 410 g/mol. The Kier molecular flexibility index (Phi) is 4.62. The van der Waals surface area contributed by atoms with Crippen molar-refractivity contribution in [1.29, 1.82) is 0 Å². The number of ether oxygens (including phenoxy) is 1. The van der Waals surface area contributed by atoms with Crippen LogP contribution in [0.3, 0.4) is 0 Å². The summed E-state index contributed by atoms with van der Waals surface area (Å²) in [6.07, 6.45) is 6.95. The summed E-state index contributed by atoms with van der Waals surface area (Å²) < 4.78 is 10.8. The minimum atomic E-state index is -0.400. The lowest BCUT2D eigenvalue weighted by Gasteiger charge is -2.34. The second-order valence-corrected chi connectivity index (χ2v) is 8.67. The summed E-state index contributed by atoms with van der Waals surface area (Å²) in [5.74, 6) is 0.386. The zero-order chi connectivity index (χ0) is 20.0. The van der Waals surface area contributed by atoms with E-state index in [1.54, 1.807) is 12.1 Å². The molecule has 5 rings (SSSR count). The molecule has 6 nitrogen and oxygen atoms in total. The zero-order valence-electron chi connectivity index (χ0n) is 16.2. The van der Waals surface area contributed by atoms with Crippen LogP contribution in [0.15, 0.2) is 44.1 Å². The van der Waals surface area contributed by atoms with Gasteiger partial charge in [-0.25, -0.2) is 4.79 Å². The van der Waals surface area contributed by atoms with Crippen molar-refractivity contribution in [3.05, 3.63) is 45.4 Å². The Morgan fingerprint density at radius 2 is 2.07 bits per heavy atom. The Labute approximate surface area is 172 Å². The molecule has 0 spiro atoms. The Bertz CT molecular complexity index is 1030. The van der Waals surface area contributed by atoms with E-state index >= 15 is 0 Å². The minimum absolute atomic E-state index is 0.0578. The van der Waals surface area contributed by atoms with Crippen molar-refractivity contribution in [3.63, 3.8) is 0 Å². The summed E-state index contributed by atoms with van der Waals surface area (Å²) >= 11 is 1.30. The third kappa shape index (κ3) is 3.33. The van der Waals surface area contributed by atoms with Gasteiger partial charge < -0.3 is 14.1 Å². The highest BCUT2D eigenvalue weighted by Crippen LogP contribution is 2.38. The number of amides is 1. The number of hydrogen-bond donors (Lipinski definition) is 0. The van der Waals surface area contributed by atoms with Crippen LogP contribution in [0.4, 0.5) is 0 Å². The largest absolute Gasteiger partial charge is 0.465 e. The van der Waals surface area contributed by atoms with E-state index in [4.69, 9.17) is 9.15 Å². The maximum Gasteiger partial charge on any atom is 0.348 e. The molecule has 0 bridgehead atoms. The van der Waals surface area contributed by atoms with E-state index in [2.05, 4.69) is 4.99 Å². The van der Waals surface area contributed by atoms with Gasteiger partial charge in [0.2, 0.25) is 0 Å². The fourth-order valence-corrected chi connectivity index (χ4v) is 5.11. The first-order valence-corrected chi connectivity index (χ1v) is 10.8. The summed E-state index contributed by atoms with van der Waals surface area (Å²) in [6, 6.07) is 5.79. The molecule has 1 atom stereocenters. The fourth-order valence-electron chi connectivity index (χ4n) is 4.29. The molecule has 0 N–H and O–H groups in total. The Balaban J connectivity index is 1.39. The fraction of sp³-hybridized carbons (Fsp3) is 0.409. The van der Waals surface area contributed by atoms with Gasteiger partial charge in [-0.2, -0.15) is 0 Å². The normalized spacial score (nSPS) is 20.7. The van der Waals surface area contributed by atoms with Crippen molar-refractivity contribution in [2.75, 3.05) is 13.7 Å². The van der Waals surface area contributed by atoms with E-state index in [1.165, 1.54) is 29.6 Å².